The highest BCUT2D eigenvalue weighted by molar-refractivity contribution is 6.24. The number of aromatic nitrogens is 4. The van der Waals surface area contributed by atoms with Crippen LogP contribution in [0.1, 0.15) is 35.9 Å². The molecule has 3 heterocycles. The molecule has 11 nitrogen and oxygen atoms in total. The third-order valence-corrected chi connectivity index (χ3v) is 8.71. The number of hydrogen-bond donors (Lipinski definition) is 6. The van der Waals surface area contributed by atoms with E-state index >= 15 is 0 Å². The first-order valence-corrected chi connectivity index (χ1v) is 13.6. The Hall–Kier alpha value is -3.97. The third kappa shape index (κ3) is 3.51. The fourth-order valence-electron chi connectivity index (χ4n) is 6.71. The van der Waals surface area contributed by atoms with Crippen LogP contribution in [0.3, 0.4) is 0 Å². The molecule has 0 radical (unpaired) electrons. The van der Waals surface area contributed by atoms with Crippen LogP contribution in [0.25, 0.3) is 43.5 Å². The van der Waals surface area contributed by atoms with E-state index in [2.05, 4.69) is 38.5 Å². The average molecular weight is 554 g/mol. The van der Waals surface area contributed by atoms with E-state index in [9.17, 15) is 25.5 Å². The van der Waals surface area contributed by atoms with Crippen LogP contribution in [-0.4, -0.2) is 76.1 Å². The summed E-state index contributed by atoms with van der Waals surface area (Å²) in [6.45, 7) is -0.304. The van der Waals surface area contributed by atoms with Crippen LogP contribution < -0.4 is 5.32 Å². The summed E-state index contributed by atoms with van der Waals surface area (Å²) in [4.78, 5) is 13.3. The molecular weight excluding hydrogens is 526 g/mol. The van der Waals surface area contributed by atoms with Gasteiger partial charge in [-0.25, -0.2) is 15.0 Å². The van der Waals surface area contributed by atoms with Gasteiger partial charge in [0.15, 0.2) is 17.0 Å². The van der Waals surface area contributed by atoms with Crippen LogP contribution in [-0.2, 0) is 4.74 Å². The molecule has 1 saturated heterocycles. The minimum absolute atomic E-state index is 0.265. The summed E-state index contributed by atoms with van der Waals surface area (Å²) in [6.07, 6.45) is -3.00. The summed E-state index contributed by atoms with van der Waals surface area (Å²) < 4.78 is 7.48. The van der Waals surface area contributed by atoms with Gasteiger partial charge in [-0.1, -0.05) is 42.5 Å². The number of nitrogens with zero attached hydrogens (tertiary/aromatic N) is 4. The van der Waals surface area contributed by atoms with Crippen LogP contribution in [0.15, 0.2) is 61.2 Å². The lowest BCUT2D eigenvalue weighted by molar-refractivity contribution is -0.0766. The molecule has 11 heteroatoms. The number of nitrogens with one attached hydrogen (secondary N) is 1. The lowest BCUT2D eigenvalue weighted by atomic mass is 9.77. The number of imidazole rings is 1. The summed E-state index contributed by atoms with van der Waals surface area (Å²) in [6, 6.07) is 15.3. The molecule has 8 rings (SSSR count). The van der Waals surface area contributed by atoms with Gasteiger partial charge in [0.25, 0.3) is 0 Å². The minimum atomic E-state index is -1.44. The fraction of sp³-hybridized carbons (Fsp3) is 0.300. The molecule has 0 bridgehead atoms. The van der Waals surface area contributed by atoms with Gasteiger partial charge in [-0.2, -0.15) is 0 Å². The molecule has 2 aliphatic rings. The second-order valence-corrected chi connectivity index (χ2v) is 10.9. The number of aliphatic hydroxyl groups is 5. The van der Waals surface area contributed by atoms with E-state index in [1.54, 1.807) is 10.9 Å². The molecule has 4 aromatic carbocycles. The average Bonchev–Trinajstić information content (AvgIpc) is 3.60. The van der Waals surface area contributed by atoms with Crippen molar-refractivity contribution in [2.75, 3.05) is 11.9 Å². The van der Waals surface area contributed by atoms with Gasteiger partial charge in [0.1, 0.15) is 37.0 Å². The van der Waals surface area contributed by atoms with E-state index in [0.717, 1.165) is 32.3 Å². The SMILES string of the molecule is OC[C@H]1O[C@@H](n2cnc3c(N[C@H]4c5c(cc6ccc7cccc8ccc5c6c78)[C@H](O)[C@@H](O)[C@@H]4O)ncnc32)C[C@@H]1O. The molecule has 6 N–H and O–H groups in total. The van der Waals surface area contributed by atoms with Gasteiger partial charge in [0, 0.05) is 6.42 Å². The smallest absolute Gasteiger partial charge is 0.167 e. The Kier molecular flexibility index (Phi) is 5.45. The van der Waals surface area contributed by atoms with Crippen molar-refractivity contribution >= 4 is 49.3 Å². The van der Waals surface area contributed by atoms with Crippen molar-refractivity contribution in [3.05, 3.63) is 72.3 Å². The predicted molar refractivity (Wildman–Crippen MR) is 150 cm³/mol. The number of rotatable bonds is 4. The van der Waals surface area contributed by atoms with E-state index in [-0.39, 0.29) is 13.0 Å². The lowest BCUT2D eigenvalue weighted by Gasteiger charge is -2.39. The van der Waals surface area contributed by atoms with Crippen molar-refractivity contribution in [2.45, 2.75) is 49.2 Å². The maximum atomic E-state index is 11.3. The summed E-state index contributed by atoms with van der Waals surface area (Å²) >= 11 is 0. The summed E-state index contributed by atoms with van der Waals surface area (Å²) in [5, 5.41) is 62.5. The fourth-order valence-corrected chi connectivity index (χ4v) is 6.71. The van der Waals surface area contributed by atoms with Gasteiger partial charge < -0.3 is 35.6 Å². The number of ether oxygens (including phenoxy) is 1. The lowest BCUT2D eigenvalue weighted by Crippen LogP contribution is -2.44. The Morgan fingerprint density at radius 3 is 2.46 bits per heavy atom. The number of anilines is 1. The van der Waals surface area contributed by atoms with Crippen molar-refractivity contribution in [1.29, 1.82) is 0 Å². The van der Waals surface area contributed by atoms with Gasteiger partial charge in [0.05, 0.1) is 25.1 Å². The number of hydrogen-bond acceptors (Lipinski definition) is 10. The molecule has 41 heavy (non-hydrogen) atoms. The number of benzene rings is 4. The van der Waals surface area contributed by atoms with Gasteiger partial charge in [-0.05, 0) is 49.5 Å². The maximum Gasteiger partial charge on any atom is 0.167 e. The van der Waals surface area contributed by atoms with Gasteiger partial charge in [0.2, 0.25) is 0 Å². The molecular formula is C30H27N5O6. The van der Waals surface area contributed by atoms with Crippen LogP contribution >= 0.6 is 0 Å². The van der Waals surface area contributed by atoms with Crippen LogP contribution in [0.5, 0.6) is 0 Å². The van der Waals surface area contributed by atoms with Crippen molar-refractivity contribution < 1.29 is 30.3 Å². The molecule has 208 valence electrons. The molecule has 0 amide bonds. The first kappa shape index (κ1) is 24.8. The Labute approximate surface area is 232 Å². The second kappa shape index (κ2) is 9.02. The van der Waals surface area contributed by atoms with Crippen LogP contribution in [0.2, 0.25) is 0 Å². The summed E-state index contributed by atoms with van der Waals surface area (Å²) in [5.41, 5.74) is 2.07. The largest absolute Gasteiger partial charge is 0.394 e. The zero-order valence-electron chi connectivity index (χ0n) is 21.7. The number of fused-ring (bicyclic) bond motifs is 3. The van der Waals surface area contributed by atoms with Gasteiger partial charge >= 0.3 is 0 Å². The highest BCUT2D eigenvalue weighted by atomic mass is 16.5. The Balaban J connectivity index is 1.28. The molecule has 0 saturated carbocycles. The topological polar surface area (TPSA) is 166 Å². The highest BCUT2D eigenvalue weighted by Crippen LogP contribution is 2.46. The first-order chi connectivity index (χ1) is 19.9. The van der Waals surface area contributed by atoms with E-state index in [0.29, 0.717) is 28.1 Å². The Morgan fingerprint density at radius 1 is 0.902 bits per heavy atom. The van der Waals surface area contributed by atoms with Crippen LogP contribution in [0.4, 0.5) is 5.82 Å². The van der Waals surface area contributed by atoms with Gasteiger partial charge in [-0.15, -0.1) is 0 Å². The van der Waals surface area contributed by atoms with Crippen LogP contribution in [0, 0.1) is 0 Å². The Morgan fingerprint density at radius 2 is 1.68 bits per heavy atom. The molecule has 0 spiro atoms. The second-order valence-electron chi connectivity index (χ2n) is 10.9. The molecule has 1 aliphatic carbocycles. The molecule has 1 aliphatic heterocycles. The Bertz CT molecular complexity index is 1930. The monoisotopic (exact) mass is 553 g/mol. The summed E-state index contributed by atoms with van der Waals surface area (Å²) in [7, 11) is 0. The van der Waals surface area contributed by atoms with E-state index in [4.69, 9.17) is 4.74 Å². The highest BCUT2D eigenvalue weighted by Gasteiger charge is 2.43. The molecule has 2 aromatic heterocycles. The number of aliphatic hydroxyl groups excluding tert-OH is 5. The van der Waals surface area contributed by atoms with Crippen molar-refractivity contribution in [3.8, 4) is 0 Å². The predicted octanol–water partition coefficient (Wildman–Crippen LogP) is 2.29. The standard InChI is InChI=1S/C30H27N5O6/c36-10-19-18(37)9-20(41-19)35-12-33-25-29(31-11-32-30(25)35)34-24-23-16-7-6-14-3-1-2-13-4-5-15(22(16)21(13)14)8-17(23)26(38)28(40)27(24)39/h1-8,11-12,18-20,24,26-28,36-40H,9-10H2,(H,31,32,34)/t18-,19+,20+,24-,26-,27+,28+/m0/s1. The zero-order valence-corrected chi connectivity index (χ0v) is 21.7. The normalized spacial score (nSPS) is 28.3. The maximum absolute atomic E-state index is 11.3. The van der Waals surface area contributed by atoms with Crippen molar-refractivity contribution in [2.24, 2.45) is 0 Å². The van der Waals surface area contributed by atoms with Crippen molar-refractivity contribution in [3.63, 3.8) is 0 Å². The quantitative estimate of drug-likeness (QED) is 0.178. The van der Waals surface area contributed by atoms with E-state index in [1.165, 1.54) is 6.33 Å². The molecule has 7 atom stereocenters. The van der Waals surface area contributed by atoms with E-state index < -0.39 is 42.8 Å². The minimum Gasteiger partial charge on any atom is -0.394 e. The molecule has 6 aromatic rings. The van der Waals surface area contributed by atoms with Crippen molar-refractivity contribution in [1.82, 2.24) is 19.5 Å². The van der Waals surface area contributed by atoms with E-state index in [1.807, 2.05) is 30.3 Å². The third-order valence-electron chi connectivity index (χ3n) is 8.71. The summed E-state index contributed by atoms with van der Waals surface area (Å²) in [5.74, 6) is 0.329. The first-order valence-electron chi connectivity index (χ1n) is 13.6. The van der Waals surface area contributed by atoms with Gasteiger partial charge in [-0.3, -0.25) is 4.57 Å². The zero-order chi connectivity index (χ0) is 28.0. The molecule has 1 fully saturated rings. The molecule has 0 unspecified atom stereocenters.